The number of rotatable bonds is 3. The van der Waals surface area contributed by atoms with Crippen LogP contribution >= 0.6 is 0 Å². The molecule has 0 aromatic rings. The van der Waals surface area contributed by atoms with Crippen LogP contribution in [0.1, 0.15) is 26.7 Å². The van der Waals surface area contributed by atoms with E-state index in [0.29, 0.717) is 12.6 Å². The number of hydrogen-bond donors (Lipinski definition) is 2. The SMILES string of the molecule is CCNC(=O)N(CC)C1CCNCC1. The minimum Gasteiger partial charge on any atom is -0.338 e. The standard InChI is InChI=1S/C10H21N3O/c1-3-12-10(14)13(4-2)9-5-7-11-8-6-9/h9,11H,3-8H2,1-2H3,(H,12,14). The van der Waals surface area contributed by atoms with Crippen molar-refractivity contribution in [2.75, 3.05) is 26.2 Å². The highest BCUT2D eigenvalue weighted by Crippen LogP contribution is 2.11. The first-order chi connectivity index (χ1) is 6.79. The molecule has 4 nitrogen and oxygen atoms in total. The molecule has 1 aliphatic rings. The second kappa shape index (κ2) is 5.86. The fourth-order valence-corrected chi connectivity index (χ4v) is 1.94. The molecule has 14 heavy (non-hydrogen) atoms. The van der Waals surface area contributed by atoms with Crippen molar-refractivity contribution in [3.8, 4) is 0 Å². The number of carbonyl (C=O) groups is 1. The van der Waals surface area contributed by atoms with Crippen LogP contribution in [0.2, 0.25) is 0 Å². The van der Waals surface area contributed by atoms with Gasteiger partial charge in [-0.15, -0.1) is 0 Å². The Kier molecular flexibility index (Phi) is 4.73. The van der Waals surface area contributed by atoms with Gasteiger partial charge in [-0.25, -0.2) is 4.79 Å². The van der Waals surface area contributed by atoms with Crippen LogP contribution < -0.4 is 10.6 Å². The number of nitrogens with one attached hydrogen (secondary N) is 2. The van der Waals surface area contributed by atoms with Gasteiger partial charge in [0, 0.05) is 19.1 Å². The van der Waals surface area contributed by atoms with Crippen LogP contribution in [0.3, 0.4) is 0 Å². The van der Waals surface area contributed by atoms with Crippen molar-refractivity contribution < 1.29 is 4.79 Å². The summed E-state index contributed by atoms with van der Waals surface area (Å²) in [4.78, 5) is 13.6. The predicted octanol–water partition coefficient (Wildman–Crippen LogP) is 0.790. The lowest BCUT2D eigenvalue weighted by atomic mass is 10.1. The van der Waals surface area contributed by atoms with E-state index in [-0.39, 0.29) is 6.03 Å². The average molecular weight is 199 g/mol. The molecule has 1 aliphatic heterocycles. The number of amides is 2. The molecule has 0 unspecified atom stereocenters. The number of carbonyl (C=O) groups excluding carboxylic acids is 1. The molecule has 2 N–H and O–H groups in total. The Balaban J connectivity index is 2.46. The first kappa shape index (κ1) is 11.3. The lowest BCUT2D eigenvalue weighted by Gasteiger charge is -2.33. The van der Waals surface area contributed by atoms with Crippen molar-refractivity contribution in [3.63, 3.8) is 0 Å². The Labute approximate surface area is 86.0 Å². The van der Waals surface area contributed by atoms with E-state index in [1.54, 1.807) is 0 Å². The van der Waals surface area contributed by atoms with Crippen LogP contribution in [0.4, 0.5) is 4.79 Å². The molecule has 0 radical (unpaired) electrons. The second-order valence-corrected chi connectivity index (χ2v) is 3.60. The number of hydrogen-bond acceptors (Lipinski definition) is 2. The molecule has 1 saturated heterocycles. The smallest absolute Gasteiger partial charge is 0.317 e. The Bertz CT molecular complexity index is 178. The van der Waals surface area contributed by atoms with Crippen molar-refractivity contribution in [1.29, 1.82) is 0 Å². The van der Waals surface area contributed by atoms with Crippen LogP contribution in [-0.2, 0) is 0 Å². The van der Waals surface area contributed by atoms with Crippen molar-refractivity contribution in [2.45, 2.75) is 32.7 Å². The van der Waals surface area contributed by atoms with Gasteiger partial charge in [0.15, 0.2) is 0 Å². The zero-order valence-corrected chi connectivity index (χ0v) is 9.18. The molecule has 4 heteroatoms. The summed E-state index contributed by atoms with van der Waals surface area (Å²) in [6, 6.07) is 0.509. The van der Waals surface area contributed by atoms with Gasteiger partial charge < -0.3 is 15.5 Å². The van der Waals surface area contributed by atoms with Gasteiger partial charge >= 0.3 is 6.03 Å². The van der Waals surface area contributed by atoms with E-state index < -0.39 is 0 Å². The summed E-state index contributed by atoms with van der Waals surface area (Å²) in [5.41, 5.74) is 0. The predicted molar refractivity (Wildman–Crippen MR) is 57.3 cm³/mol. The highest BCUT2D eigenvalue weighted by Gasteiger charge is 2.23. The molecule has 1 rings (SSSR count). The zero-order valence-electron chi connectivity index (χ0n) is 9.18. The van der Waals surface area contributed by atoms with Gasteiger partial charge in [0.05, 0.1) is 0 Å². The lowest BCUT2D eigenvalue weighted by molar-refractivity contribution is 0.163. The molecule has 0 bridgehead atoms. The van der Waals surface area contributed by atoms with Crippen molar-refractivity contribution in [2.24, 2.45) is 0 Å². The minimum atomic E-state index is 0.0851. The maximum Gasteiger partial charge on any atom is 0.317 e. The van der Waals surface area contributed by atoms with E-state index in [1.807, 2.05) is 18.7 Å². The van der Waals surface area contributed by atoms with Crippen molar-refractivity contribution in [3.05, 3.63) is 0 Å². The van der Waals surface area contributed by atoms with E-state index in [4.69, 9.17) is 0 Å². The van der Waals surface area contributed by atoms with E-state index >= 15 is 0 Å². The first-order valence-corrected chi connectivity index (χ1v) is 5.54. The van der Waals surface area contributed by atoms with Gasteiger partial charge in [-0.05, 0) is 39.8 Å². The summed E-state index contributed by atoms with van der Waals surface area (Å²) >= 11 is 0. The van der Waals surface area contributed by atoms with E-state index in [0.717, 1.165) is 32.5 Å². The highest BCUT2D eigenvalue weighted by molar-refractivity contribution is 5.74. The summed E-state index contributed by atoms with van der Waals surface area (Å²) < 4.78 is 0. The van der Waals surface area contributed by atoms with Gasteiger partial charge in [0.25, 0.3) is 0 Å². The molecule has 0 aliphatic carbocycles. The molecule has 0 aromatic carbocycles. The van der Waals surface area contributed by atoms with E-state index in [1.165, 1.54) is 0 Å². The first-order valence-electron chi connectivity index (χ1n) is 5.54. The molecule has 82 valence electrons. The van der Waals surface area contributed by atoms with Crippen LogP contribution in [0, 0.1) is 0 Å². The summed E-state index contributed by atoms with van der Waals surface area (Å²) in [5.74, 6) is 0. The Morgan fingerprint density at radius 2 is 2.07 bits per heavy atom. The van der Waals surface area contributed by atoms with Gasteiger partial charge in [-0.2, -0.15) is 0 Å². The fourth-order valence-electron chi connectivity index (χ4n) is 1.94. The molecule has 1 fully saturated rings. The van der Waals surface area contributed by atoms with Gasteiger partial charge in [0.1, 0.15) is 0 Å². The van der Waals surface area contributed by atoms with Gasteiger partial charge in [-0.1, -0.05) is 0 Å². The van der Waals surface area contributed by atoms with Gasteiger partial charge in [-0.3, -0.25) is 0 Å². The Morgan fingerprint density at radius 1 is 1.43 bits per heavy atom. The van der Waals surface area contributed by atoms with Crippen LogP contribution in [0.25, 0.3) is 0 Å². The number of urea groups is 1. The second-order valence-electron chi connectivity index (χ2n) is 3.60. The maximum atomic E-state index is 11.7. The van der Waals surface area contributed by atoms with Crippen molar-refractivity contribution in [1.82, 2.24) is 15.5 Å². The largest absolute Gasteiger partial charge is 0.338 e. The van der Waals surface area contributed by atoms with Crippen molar-refractivity contribution >= 4 is 6.03 Å². The molecule has 0 atom stereocenters. The lowest BCUT2D eigenvalue weighted by Crippen LogP contribution is -2.49. The maximum absolute atomic E-state index is 11.7. The fraction of sp³-hybridized carbons (Fsp3) is 0.900. The van der Waals surface area contributed by atoms with Crippen LogP contribution in [-0.4, -0.2) is 43.2 Å². The molecular formula is C10H21N3O. The molecule has 0 saturated carbocycles. The monoisotopic (exact) mass is 199 g/mol. The summed E-state index contributed by atoms with van der Waals surface area (Å²) in [7, 11) is 0. The molecule has 1 heterocycles. The normalized spacial score (nSPS) is 17.9. The number of nitrogens with zero attached hydrogens (tertiary/aromatic N) is 1. The molecular weight excluding hydrogens is 178 g/mol. The summed E-state index contributed by atoms with van der Waals surface area (Å²) in [6.07, 6.45) is 2.15. The molecule has 0 aromatic heterocycles. The summed E-state index contributed by atoms with van der Waals surface area (Å²) in [5, 5.41) is 6.17. The Morgan fingerprint density at radius 3 is 2.57 bits per heavy atom. The summed E-state index contributed by atoms with van der Waals surface area (Å²) in [6.45, 7) is 7.56. The third-order valence-electron chi connectivity index (χ3n) is 2.68. The zero-order chi connectivity index (χ0) is 10.4. The highest BCUT2D eigenvalue weighted by atomic mass is 16.2. The average Bonchev–Trinajstić information content (AvgIpc) is 2.21. The van der Waals surface area contributed by atoms with Crippen LogP contribution in [0.5, 0.6) is 0 Å². The van der Waals surface area contributed by atoms with E-state index in [9.17, 15) is 4.79 Å². The van der Waals surface area contributed by atoms with E-state index in [2.05, 4.69) is 10.6 Å². The van der Waals surface area contributed by atoms with Crippen LogP contribution in [0.15, 0.2) is 0 Å². The number of piperidine rings is 1. The minimum absolute atomic E-state index is 0.0851. The Hall–Kier alpha value is -0.770. The molecule has 2 amide bonds. The third-order valence-corrected chi connectivity index (χ3v) is 2.68. The topological polar surface area (TPSA) is 44.4 Å². The quantitative estimate of drug-likeness (QED) is 0.706. The van der Waals surface area contributed by atoms with Gasteiger partial charge in [0.2, 0.25) is 0 Å². The third kappa shape index (κ3) is 2.87. The molecule has 0 spiro atoms.